The van der Waals surface area contributed by atoms with Gasteiger partial charge in [-0.25, -0.2) is 9.48 Å². The van der Waals surface area contributed by atoms with Gasteiger partial charge in [-0.15, -0.1) is 5.10 Å². The lowest BCUT2D eigenvalue weighted by molar-refractivity contribution is -0.137. The van der Waals surface area contributed by atoms with E-state index in [0.717, 1.165) is 29.8 Å². The first-order valence-electron chi connectivity index (χ1n) is 8.94. The molecule has 158 valence electrons. The van der Waals surface area contributed by atoms with Crippen molar-refractivity contribution in [1.82, 2.24) is 19.7 Å². The number of aromatic nitrogens is 3. The Kier molecular flexibility index (Phi) is 5.95. The molecule has 0 unspecified atom stereocenters. The number of nitrogens with one attached hydrogen (secondary N) is 1. The van der Waals surface area contributed by atoms with E-state index in [1.807, 2.05) is 0 Å². The first-order chi connectivity index (χ1) is 14.2. The highest BCUT2D eigenvalue weighted by Crippen LogP contribution is 2.29. The normalized spacial score (nSPS) is 11.4. The summed E-state index contributed by atoms with van der Waals surface area (Å²) in [7, 11) is 3.14. The van der Waals surface area contributed by atoms with E-state index in [-0.39, 0.29) is 24.3 Å². The zero-order chi connectivity index (χ0) is 21.9. The minimum atomic E-state index is -4.46. The van der Waals surface area contributed by atoms with Gasteiger partial charge in [0.2, 0.25) is 0 Å². The molecule has 0 aliphatic carbocycles. The maximum absolute atomic E-state index is 12.6. The number of amides is 1. The average Bonchev–Trinajstić information content (AvgIpc) is 3.02. The molecular formula is C20H19F3N4O3. The van der Waals surface area contributed by atoms with E-state index in [1.165, 1.54) is 9.25 Å². The van der Waals surface area contributed by atoms with E-state index in [2.05, 4.69) is 10.4 Å². The summed E-state index contributed by atoms with van der Waals surface area (Å²) in [5.74, 6) is 0.592. The average molecular weight is 420 g/mol. The number of rotatable bonds is 6. The fourth-order valence-electron chi connectivity index (χ4n) is 2.81. The minimum Gasteiger partial charge on any atom is -0.497 e. The monoisotopic (exact) mass is 420 g/mol. The highest BCUT2D eigenvalue weighted by Gasteiger charge is 2.30. The summed E-state index contributed by atoms with van der Waals surface area (Å²) >= 11 is 0. The molecule has 7 nitrogen and oxygen atoms in total. The van der Waals surface area contributed by atoms with Gasteiger partial charge in [-0.05, 0) is 48.5 Å². The molecule has 0 atom stereocenters. The van der Waals surface area contributed by atoms with Crippen LogP contribution in [0, 0.1) is 0 Å². The fraction of sp³-hybridized carbons (Fsp3) is 0.250. The maximum atomic E-state index is 12.6. The second-order valence-electron chi connectivity index (χ2n) is 6.45. The van der Waals surface area contributed by atoms with Crippen molar-refractivity contribution in [3.8, 4) is 17.1 Å². The van der Waals surface area contributed by atoms with Gasteiger partial charge in [0.15, 0.2) is 5.82 Å². The molecule has 3 aromatic rings. The Bertz CT molecular complexity index is 1080. The SMILES string of the molecule is COc1ccc(-c2nn(CCNC(=O)c3ccc(C(F)(F)F)cc3)c(=O)n2C)cc1. The van der Waals surface area contributed by atoms with Crippen LogP contribution in [-0.2, 0) is 19.8 Å². The Labute approximate surface area is 169 Å². The second-order valence-corrected chi connectivity index (χ2v) is 6.45. The van der Waals surface area contributed by atoms with Gasteiger partial charge in [-0.1, -0.05) is 0 Å². The molecule has 0 fully saturated rings. The summed E-state index contributed by atoms with van der Waals surface area (Å²) in [5.41, 5.74) is -0.368. The zero-order valence-electron chi connectivity index (χ0n) is 16.2. The Morgan fingerprint density at radius 2 is 1.73 bits per heavy atom. The van der Waals surface area contributed by atoms with Crippen molar-refractivity contribution in [3.63, 3.8) is 0 Å². The predicted octanol–water partition coefficient (Wildman–Crippen LogP) is 2.71. The van der Waals surface area contributed by atoms with Crippen LogP contribution in [-0.4, -0.2) is 33.9 Å². The second kappa shape index (κ2) is 8.44. The first kappa shape index (κ1) is 21.2. The van der Waals surface area contributed by atoms with Gasteiger partial charge < -0.3 is 10.1 Å². The third kappa shape index (κ3) is 4.53. The number of nitrogens with zero attached hydrogens (tertiary/aromatic N) is 3. The van der Waals surface area contributed by atoms with Crippen molar-refractivity contribution in [1.29, 1.82) is 0 Å². The number of carbonyl (C=O) groups excluding carboxylic acids is 1. The zero-order valence-corrected chi connectivity index (χ0v) is 16.2. The van der Waals surface area contributed by atoms with Gasteiger partial charge in [-0.2, -0.15) is 13.2 Å². The molecule has 0 saturated heterocycles. The molecule has 1 amide bonds. The first-order valence-corrected chi connectivity index (χ1v) is 8.94. The Morgan fingerprint density at radius 3 is 2.30 bits per heavy atom. The number of halogens is 3. The van der Waals surface area contributed by atoms with Crippen molar-refractivity contribution in [2.75, 3.05) is 13.7 Å². The van der Waals surface area contributed by atoms with E-state index in [1.54, 1.807) is 38.4 Å². The lowest BCUT2D eigenvalue weighted by atomic mass is 10.1. The molecule has 0 aliphatic rings. The summed E-state index contributed by atoms with van der Waals surface area (Å²) in [4.78, 5) is 24.5. The number of alkyl halides is 3. The van der Waals surface area contributed by atoms with Crippen molar-refractivity contribution < 1.29 is 22.7 Å². The summed E-state index contributed by atoms with van der Waals surface area (Å²) in [6.07, 6.45) is -4.46. The standard InChI is InChI=1S/C20H19F3N4O3/c1-26-17(13-5-9-16(30-2)10-6-13)25-27(19(26)29)12-11-24-18(28)14-3-7-15(8-4-14)20(21,22)23/h3-10H,11-12H2,1-2H3,(H,24,28). The van der Waals surface area contributed by atoms with Gasteiger partial charge in [0, 0.05) is 24.7 Å². The molecule has 0 saturated carbocycles. The Balaban J connectivity index is 1.64. The lowest BCUT2D eigenvalue weighted by Gasteiger charge is -2.08. The Morgan fingerprint density at radius 1 is 1.10 bits per heavy atom. The molecule has 3 rings (SSSR count). The third-order valence-electron chi connectivity index (χ3n) is 4.47. The van der Waals surface area contributed by atoms with Crippen molar-refractivity contribution in [2.45, 2.75) is 12.7 Å². The quantitative estimate of drug-likeness (QED) is 0.665. The highest BCUT2D eigenvalue weighted by molar-refractivity contribution is 5.94. The van der Waals surface area contributed by atoms with E-state index in [9.17, 15) is 22.8 Å². The number of hydrogen-bond acceptors (Lipinski definition) is 4. The molecule has 1 aromatic heterocycles. The van der Waals surface area contributed by atoms with E-state index in [0.29, 0.717) is 11.6 Å². The van der Waals surface area contributed by atoms with Crippen molar-refractivity contribution >= 4 is 5.91 Å². The summed E-state index contributed by atoms with van der Waals surface area (Å²) in [5, 5.41) is 6.86. The molecular weight excluding hydrogens is 401 g/mol. The maximum Gasteiger partial charge on any atom is 0.416 e. The molecule has 0 spiro atoms. The minimum absolute atomic E-state index is 0.0822. The smallest absolute Gasteiger partial charge is 0.416 e. The van der Waals surface area contributed by atoms with E-state index >= 15 is 0 Å². The van der Waals surface area contributed by atoms with Gasteiger partial charge in [0.1, 0.15) is 5.75 Å². The molecule has 0 radical (unpaired) electrons. The van der Waals surface area contributed by atoms with Gasteiger partial charge in [0.25, 0.3) is 5.91 Å². The number of carbonyl (C=O) groups is 1. The van der Waals surface area contributed by atoms with Crippen LogP contribution in [0.3, 0.4) is 0 Å². The third-order valence-corrected chi connectivity index (χ3v) is 4.47. The van der Waals surface area contributed by atoms with Crippen LogP contribution in [0.25, 0.3) is 11.4 Å². The molecule has 1 N–H and O–H groups in total. The molecule has 10 heteroatoms. The van der Waals surface area contributed by atoms with E-state index < -0.39 is 17.6 Å². The fourth-order valence-corrected chi connectivity index (χ4v) is 2.81. The summed E-state index contributed by atoms with van der Waals surface area (Å²) in [6.45, 7) is 0.189. The van der Waals surface area contributed by atoms with Crippen LogP contribution in [0.15, 0.2) is 53.3 Å². The number of methoxy groups -OCH3 is 1. The van der Waals surface area contributed by atoms with Crippen LogP contribution in [0.4, 0.5) is 13.2 Å². The molecule has 2 aromatic carbocycles. The largest absolute Gasteiger partial charge is 0.497 e. The van der Waals surface area contributed by atoms with Gasteiger partial charge >= 0.3 is 11.9 Å². The van der Waals surface area contributed by atoms with Crippen LogP contribution < -0.4 is 15.7 Å². The van der Waals surface area contributed by atoms with Crippen molar-refractivity contribution in [3.05, 3.63) is 70.1 Å². The van der Waals surface area contributed by atoms with Crippen LogP contribution >= 0.6 is 0 Å². The lowest BCUT2D eigenvalue weighted by Crippen LogP contribution is -2.31. The van der Waals surface area contributed by atoms with Crippen molar-refractivity contribution in [2.24, 2.45) is 7.05 Å². The molecule has 0 bridgehead atoms. The highest BCUT2D eigenvalue weighted by atomic mass is 19.4. The summed E-state index contributed by atoms with van der Waals surface area (Å²) in [6, 6.07) is 11.0. The Hall–Kier alpha value is -3.56. The topological polar surface area (TPSA) is 78.2 Å². The summed E-state index contributed by atoms with van der Waals surface area (Å²) < 4.78 is 45.5. The van der Waals surface area contributed by atoms with Crippen LogP contribution in [0.1, 0.15) is 15.9 Å². The van der Waals surface area contributed by atoms with Gasteiger partial charge in [0.05, 0.1) is 19.2 Å². The van der Waals surface area contributed by atoms with E-state index in [4.69, 9.17) is 4.74 Å². The number of hydrogen-bond donors (Lipinski definition) is 1. The van der Waals surface area contributed by atoms with Gasteiger partial charge in [-0.3, -0.25) is 9.36 Å². The molecule has 30 heavy (non-hydrogen) atoms. The molecule has 0 aliphatic heterocycles. The number of ether oxygens (including phenoxy) is 1. The predicted molar refractivity (Wildman–Crippen MR) is 103 cm³/mol. The van der Waals surface area contributed by atoms with Crippen LogP contribution in [0.5, 0.6) is 5.75 Å². The number of benzene rings is 2. The molecule has 1 heterocycles. The van der Waals surface area contributed by atoms with Crippen LogP contribution in [0.2, 0.25) is 0 Å².